The number of thiazole rings is 1. The summed E-state index contributed by atoms with van der Waals surface area (Å²) >= 11 is 1.55. The normalized spacial score (nSPS) is 11.8. The minimum Gasteiger partial charge on any atom is -0.448 e. The minimum atomic E-state index is -0.292. The van der Waals surface area contributed by atoms with E-state index in [0.29, 0.717) is 11.5 Å². The molecule has 2 heterocycles. The maximum absolute atomic E-state index is 12.1. The Morgan fingerprint density at radius 1 is 1.19 bits per heavy atom. The lowest BCUT2D eigenvalue weighted by Crippen LogP contribution is -2.40. The second-order valence-corrected chi connectivity index (χ2v) is 6.89. The number of rotatable bonds is 2. The van der Waals surface area contributed by atoms with Gasteiger partial charge in [0.1, 0.15) is 0 Å². The third-order valence-electron chi connectivity index (χ3n) is 2.82. The molecule has 0 fully saturated rings. The fourth-order valence-corrected chi connectivity index (χ4v) is 2.88. The number of carbonyl (C=O) groups is 1. The lowest BCUT2D eigenvalue weighted by atomic mass is 10.1. The molecule has 5 heteroatoms. The van der Waals surface area contributed by atoms with Gasteiger partial charge in [0.2, 0.25) is 0 Å². The molecule has 3 rings (SSSR count). The average Bonchev–Trinajstić information content (AvgIpc) is 3.03. The third kappa shape index (κ3) is 2.97. The number of hydrogen-bond acceptors (Lipinski definition) is 4. The highest BCUT2D eigenvalue weighted by atomic mass is 32.1. The molecule has 0 saturated carbocycles. The van der Waals surface area contributed by atoms with Gasteiger partial charge in [-0.3, -0.25) is 4.79 Å². The Morgan fingerprint density at radius 2 is 1.95 bits per heavy atom. The summed E-state index contributed by atoms with van der Waals surface area (Å²) in [7, 11) is 0. The molecular formula is C16H16N2O2S. The molecule has 4 nitrogen and oxygen atoms in total. The van der Waals surface area contributed by atoms with Crippen LogP contribution < -0.4 is 5.32 Å². The van der Waals surface area contributed by atoms with E-state index < -0.39 is 0 Å². The quantitative estimate of drug-likeness (QED) is 0.775. The third-order valence-corrected chi connectivity index (χ3v) is 3.87. The molecule has 1 N–H and O–H groups in total. The molecule has 0 radical (unpaired) electrons. The zero-order valence-electron chi connectivity index (χ0n) is 12.1. The Bertz CT molecular complexity index is 763. The predicted octanol–water partition coefficient (Wildman–Crippen LogP) is 4.08. The van der Waals surface area contributed by atoms with Crippen LogP contribution in [0.3, 0.4) is 0 Å². The van der Waals surface area contributed by atoms with Gasteiger partial charge in [-0.2, -0.15) is 0 Å². The molecule has 108 valence electrons. The SMILES string of the molecule is CC(C)(C)NC(=O)c1ccc(-c2nc3ccccc3s2)o1. The van der Waals surface area contributed by atoms with Crippen molar-refractivity contribution in [2.45, 2.75) is 26.3 Å². The zero-order valence-corrected chi connectivity index (χ0v) is 13.0. The van der Waals surface area contributed by atoms with Crippen LogP contribution >= 0.6 is 11.3 Å². The van der Waals surface area contributed by atoms with E-state index >= 15 is 0 Å². The molecule has 0 bridgehead atoms. The first-order valence-corrected chi connectivity index (χ1v) is 7.52. The highest BCUT2D eigenvalue weighted by Gasteiger charge is 2.19. The van der Waals surface area contributed by atoms with Crippen molar-refractivity contribution in [3.63, 3.8) is 0 Å². The fraction of sp³-hybridized carbons (Fsp3) is 0.250. The topological polar surface area (TPSA) is 55.1 Å². The molecular weight excluding hydrogens is 284 g/mol. The molecule has 1 amide bonds. The standard InChI is InChI=1S/C16H16N2O2S/c1-16(2,3)18-14(19)11-8-9-12(20-11)15-17-10-6-4-5-7-13(10)21-15/h4-9H,1-3H3,(H,18,19). The second kappa shape index (κ2) is 5.00. The number of nitrogens with one attached hydrogen (secondary N) is 1. The smallest absolute Gasteiger partial charge is 0.287 e. The van der Waals surface area contributed by atoms with Gasteiger partial charge in [-0.25, -0.2) is 4.98 Å². The molecule has 1 aromatic carbocycles. The molecule has 0 spiro atoms. The van der Waals surface area contributed by atoms with Crippen molar-refractivity contribution in [3.05, 3.63) is 42.2 Å². The number of nitrogens with zero attached hydrogens (tertiary/aromatic N) is 1. The van der Waals surface area contributed by atoms with Gasteiger partial charge >= 0.3 is 0 Å². The number of benzene rings is 1. The lowest BCUT2D eigenvalue weighted by molar-refractivity contribution is 0.0892. The van der Waals surface area contributed by atoms with Gasteiger partial charge in [0.25, 0.3) is 5.91 Å². The molecule has 0 saturated heterocycles. The van der Waals surface area contributed by atoms with Crippen LogP contribution in [0.4, 0.5) is 0 Å². The summed E-state index contributed by atoms with van der Waals surface area (Å²) in [5, 5.41) is 3.66. The van der Waals surface area contributed by atoms with Gasteiger partial charge < -0.3 is 9.73 Å². The Morgan fingerprint density at radius 3 is 2.67 bits per heavy atom. The van der Waals surface area contributed by atoms with Gasteiger partial charge in [0.05, 0.1) is 10.2 Å². The van der Waals surface area contributed by atoms with E-state index in [9.17, 15) is 4.79 Å². The van der Waals surface area contributed by atoms with Crippen molar-refractivity contribution in [2.24, 2.45) is 0 Å². The van der Waals surface area contributed by atoms with Crippen molar-refractivity contribution in [2.75, 3.05) is 0 Å². The number of furan rings is 1. The Labute approximate surface area is 126 Å². The first-order chi connectivity index (χ1) is 9.92. The van der Waals surface area contributed by atoms with Gasteiger partial charge in [0, 0.05) is 5.54 Å². The number of carbonyl (C=O) groups excluding carboxylic acids is 1. The number of amides is 1. The van der Waals surface area contributed by atoms with E-state index in [1.54, 1.807) is 23.5 Å². The van der Waals surface area contributed by atoms with E-state index in [1.807, 2.05) is 45.0 Å². The maximum Gasteiger partial charge on any atom is 0.287 e. The molecule has 2 aromatic heterocycles. The van der Waals surface area contributed by atoms with Crippen LogP contribution in [0.5, 0.6) is 0 Å². The van der Waals surface area contributed by atoms with Crippen molar-refractivity contribution >= 4 is 27.5 Å². The zero-order chi connectivity index (χ0) is 15.0. The summed E-state index contributed by atoms with van der Waals surface area (Å²) in [6.45, 7) is 5.80. The molecule has 0 aliphatic rings. The highest BCUT2D eigenvalue weighted by molar-refractivity contribution is 7.21. The van der Waals surface area contributed by atoms with Crippen LogP contribution in [0, 0.1) is 0 Å². The number of hydrogen-bond donors (Lipinski definition) is 1. The lowest BCUT2D eigenvalue weighted by Gasteiger charge is -2.19. The van der Waals surface area contributed by atoms with Crippen LogP contribution in [0.1, 0.15) is 31.3 Å². The Balaban J connectivity index is 1.89. The van der Waals surface area contributed by atoms with Crippen molar-refractivity contribution in [1.82, 2.24) is 10.3 Å². The molecule has 0 aliphatic heterocycles. The van der Waals surface area contributed by atoms with Crippen LogP contribution in [0.25, 0.3) is 21.0 Å². The van der Waals surface area contributed by atoms with E-state index in [-0.39, 0.29) is 11.4 Å². The van der Waals surface area contributed by atoms with Gasteiger partial charge in [-0.05, 0) is 45.0 Å². The number of fused-ring (bicyclic) bond motifs is 1. The van der Waals surface area contributed by atoms with Gasteiger partial charge in [0.15, 0.2) is 16.5 Å². The summed E-state index contributed by atoms with van der Waals surface area (Å²) in [4.78, 5) is 16.6. The van der Waals surface area contributed by atoms with Crippen LogP contribution in [-0.4, -0.2) is 16.4 Å². The molecule has 3 aromatic rings. The van der Waals surface area contributed by atoms with E-state index in [0.717, 1.165) is 15.2 Å². The van der Waals surface area contributed by atoms with E-state index in [1.165, 1.54) is 0 Å². The summed E-state index contributed by atoms with van der Waals surface area (Å²) in [6.07, 6.45) is 0. The fourth-order valence-electron chi connectivity index (χ4n) is 1.95. The largest absolute Gasteiger partial charge is 0.448 e. The first-order valence-electron chi connectivity index (χ1n) is 6.71. The first kappa shape index (κ1) is 13.8. The van der Waals surface area contributed by atoms with Crippen LogP contribution in [0.15, 0.2) is 40.8 Å². The predicted molar refractivity (Wildman–Crippen MR) is 84.5 cm³/mol. The Hall–Kier alpha value is -2.14. The number of aromatic nitrogens is 1. The molecule has 0 unspecified atom stereocenters. The number of para-hydroxylation sites is 1. The molecule has 0 aliphatic carbocycles. The maximum atomic E-state index is 12.1. The molecule has 0 atom stereocenters. The van der Waals surface area contributed by atoms with Crippen LogP contribution in [-0.2, 0) is 0 Å². The summed E-state index contributed by atoms with van der Waals surface area (Å²) in [5.74, 6) is 0.712. The van der Waals surface area contributed by atoms with Crippen molar-refractivity contribution < 1.29 is 9.21 Å². The Kier molecular flexibility index (Phi) is 3.29. The molecule has 21 heavy (non-hydrogen) atoms. The average molecular weight is 300 g/mol. The van der Waals surface area contributed by atoms with E-state index in [4.69, 9.17) is 4.42 Å². The van der Waals surface area contributed by atoms with E-state index in [2.05, 4.69) is 10.3 Å². The van der Waals surface area contributed by atoms with Crippen LogP contribution in [0.2, 0.25) is 0 Å². The van der Waals surface area contributed by atoms with Gasteiger partial charge in [-0.15, -0.1) is 11.3 Å². The van der Waals surface area contributed by atoms with Crippen molar-refractivity contribution in [1.29, 1.82) is 0 Å². The second-order valence-electron chi connectivity index (χ2n) is 5.85. The van der Waals surface area contributed by atoms with Gasteiger partial charge in [-0.1, -0.05) is 12.1 Å². The summed E-state index contributed by atoms with van der Waals surface area (Å²) in [5.41, 5.74) is 0.648. The summed E-state index contributed by atoms with van der Waals surface area (Å²) < 4.78 is 6.74. The van der Waals surface area contributed by atoms with Crippen molar-refractivity contribution in [3.8, 4) is 10.8 Å². The highest BCUT2D eigenvalue weighted by Crippen LogP contribution is 2.31. The minimum absolute atomic E-state index is 0.213. The summed E-state index contributed by atoms with van der Waals surface area (Å²) in [6, 6.07) is 11.4. The monoisotopic (exact) mass is 300 g/mol.